The molecular formula is C17H25F3N4O2. The normalized spacial score (nSPS) is 13.2. The van der Waals surface area contributed by atoms with Crippen LogP contribution in [-0.2, 0) is 4.79 Å². The molecule has 0 spiro atoms. The summed E-state index contributed by atoms with van der Waals surface area (Å²) in [6.07, 6.45) is -4.44. The van der Waals surface area contributed by atoms with Gasteiger partial charge in [-0.25, -0.2) is 4.99 Å². The number of likely N-dealkylation sites (N-methyl/N-ethyl adjacent to an activating group) is 1. The first-order valence-corrected chi connectivity index (χ1v) is 8.25. The number of nitrogens with zero attached hydrogens (tertiary/aromatic N) is 2. The molecule has 146 valence electrons. The van der Waals surface area contributed by atoms with Gasteiger partial charge in [-0.1, -0.05) is 30.3 Å². The topological polar surface area (TPSA) is 77.0 Å². The van der Waals surface area contributed by atoms with Gasteiger partial charge < -0.3 is 20.6 Å². The molecule has 0 aromatic heterocycles. The number of carbonyl (C=O) groups is 1. The monoisotopic (exact) mass is 374 g/mol. The molecule has 1 aromatic carbocycles. The second-order valence-electron chi connectivity index (χ2n) is 5.73. The highest BCUT2D eigenvalue weighted by Gasteiger charge is 2.31. The third kappa shape index (κ3) is 8.19. The third-order valence-electron chi connectivity index (χ3n) is 3.57. The Morgan fingerprint density at radius 3 is 2.46 bits per heavy atom. The molecular weight excluding hydrogens is 349 g/mol. The first kappa shape index (κ1) is 21.8. The Balaban J connectivity index is 2.64. The number of guanidine groups is 1. The van der Waals surface area contributed by atoms with E-state index in [-0.39, 0.29) is 12.5 Å². The number of hydrogen-bond donors (Lipinski definition) is 3. The highest BCUT2D eigenvalue weighted by molar-refractivity contribution is 5.84. The van der Waals surface area contributed by atoms with E-state index in [0.29, 0.717) is 23.9 Å². The average molecular weight is 374 g/mol. The molecule has 3 N–H and O–H groups in total. The van der Waals surface area contributed by atoms with Crippen molar-refractivity contribution in [2.24, 2.45) is 4.99 Å². The van der Waals surface area contributed by atoms with Gasteiger partial charge in [0.25, 0.3) is 0 Å². The van der Waals surface area contributed by atoms with Gasteiger partial charge >= 0.3 is 6.18 Å². The van der Waals surface area contributed by atoms with E-state index < -0.39 is 25.2 Å². The van der Waals surface area contributed by atoms with Crippen LogP contribution in [0.15, 0.2) is 35.3 Å². The van der Waals surface area contributed by atoms with Gasteiger partial charge in [-0.15, -0.1) is 0 Å². The van der Waals surface area contributed by atoms with Crippen LogP contribution in [-0.4, -0.2) is 67.9 Å². The van der Waals surface area contributed by atoms with Crippen molar-refractivity contribution in [2.45, 2.75) is 19.0 Å². The summed E-state index contributed by atoms with van der Waals surface area (Å²) in [6, 6.07) is 9.39. The van der Waals surface area contributed by atoms with Crippen molar-refractivity contribution in [3.63, 3.8) is 0 Å². The number of aliphatic hydroxyl groups excluding tert-OH is 1. The Morgan fingerprint density at radius 2 is 1.92 bits per heavy atom. The Kier molecular flexibility index (Phi) is 8.91. The summed E-state index contributed by atoms with van der Waals surface area (Å²) in [4.78, 5) is 16.4. The first-order valence-electron chi connectivity index (χ1n) is 8.25. The van der Waals surface area contributed by atoms with Crippen molar-refractivity contribution in [2.75, 3.05) is 39.8 Å². The Hall–Kier alpha value is -2.29. The van der Waals surface area contributed by atoms with Crippen LogP contribution in [0.25, 0.3) is 0 Å². The van der Waals surface area contributed by atoms with Crippen LogP contribution in [0.3, 0.4) is 0 Å². The summed E-state index contributed by atoms with van der Waals surface area (Å²) in [7, 11) is 1.09. The number of carbonyl (C=O) groups excluding carboxylic acids is 1. The van der Waals surface area contributed by atoms with E-state index in [2.05, 4.69) is 15.6 Å². The molecule has 1 amide bonds. The van der Waals surface area contributed by atoms with Crippen LogP contribution < -0.4 is 10.6 Å². The fraction of sp³-hybridized carbons (Fsp3) is 0.529. The van der Waals surface area contributed by atoms with Gasteiger partial charge in [0.15, 0.2) is 5.96 Å². The molecule has 0 aliphatic carbocycles. The van der Waals surface area contributed by atoms with E-state index in [9.17, 15) is 23.1 Å². The fourth-order valence-electron chi connectivity index (χ4n) is 2.20. The molecule has 9 heteroatoms. The van der Waals surface area contributed by atoms with Crippen molar-refractivity contribution >= 4 is 11.9 Å². The number of nitrogens with one attached hydrogen (secondary N) is 2. The Bertz CT molecular complexity index is 579. The maximum atomic E-state index is 12.3. The minimum absolute atomic E-state index is 0.0797. The predicted octanol–water partition coefficient (Wildman–Crippen LogP) is 1.34. The van der Waals surface area contributed by atoms with Crippen LogP contribution in [0, 0.1) is 0 Å². The van der Waals surface area contributed by atoms with E-state index in [1.165, 1.54) is 0 Å². The summed E-state index contributed by atoms with van der Waals surface area (Å²) in [5.74, 6) is -0.611. The van der Waals surface area contributed by atoms with Crippen molar-refractivity contribution < 1.29 is 23.1 Å². The highest BCUT2D eigenvalue weighted by Crippen LogP contribution is 2.15. The number of amides is 1. The summed E-state index contributed by atoms with van der Waals surface area (Å²) in [5.41, 5.74) is 0.944. The first-order chi connectivity index (χ1) is 12.3. The zero-order chi connectivity index (χ0) is 19.6. The van der Waals surface area contributed by atoms with Gasteiger partial charge in [-0.2, -0.15) is 13.2 Å². The van der Waals surface area contributed by atoms with Gasteiger partial charge in [0.05, 0.1) is 6.61 Å². The summed E-state index contributed by atoms with van der Waals surface area (Å²) in [6.45, 7) is 0.911. The minimum atomic E-state index is -4.44. The van der Waals surface area contributed by atoms with Crippen LogP contribution >= 0.6 is 0 Å². The van der Waals surface area contributed by atoms with Gasteiger partial charge in [-0.3, -0.25) is 4.79 Å². The molecule has 0 heterocycles. The van der Waals surface area contributed by atoms with Crippen molar-refractivity contribution in [1.29, 1.82) is 0 Å². The third-order valence-corrected chi connectivity index (χ3v) is 3.57. The fourth-order valence-corrected chi connectivity index (χ4v) is 2.20. The lowest BCUT2D eigenvalue weighted by Crippen LogP contribution is -2.41. The Labute approximate surface area is 151 Å². The number of hydrogen-bond acceptors (Lipinski definition) is 3. The molecule has 6 nitrogen and oxygen atoms in total. The highest BCUT2D eigenvalue weighted by atomic mass is 19.4. The number of rotatable bonds is 8. The molecule has 1 unspecified atom stereocenters. The lowest BCUT2D eigenvalue weighted by atomic mass is 10.0. The molecule has 1 atom stereocenters. The van der Waals surface area contributed by atoms with Crippen LogP contribution in [0.4, 0.5) is 13.2 Å². The number of alkyl halides is 3. The molecule has 1 aromatic rings. The molecule has 0 saturated heterocycles. The molecule has 0 bridgehead atoms. The number of benzene rings is 1. The van der Waals surface area contributed by atoms with Gasteiger partial charge in [0, 0.05) is 26.1 Å². The molecule has 0 saturated carbocycles. The predicted molar refractivity (Wildman–Crippen MR) is 93.9 cm³/mol. The standard InChI is InChI=1S/C17H25F3N4O2/c1-3-21-16(23-10-15(26)24(2)12-17(18,19)20)22-9-14(11-25)13-7-5-4-6-8-13/h4-8,14,25H,3,9-12H2,1-2H3,(H2,21,22,23). The smallest absolute Gasteiger partial charge is 0.396 e. The van der Waals surface area contributed by atoms with E-state index in [1.54, 1.807) is 0 Å². The van der Waals surface area contributed by atoms with Crippen molar-refractivity contribution in [3.8, 4) is 0 Å². The summed E-state index contributed by atoms with van der Waals surface area (Å²) in [5, 5.41) is 15.5. The van der Waals surface area contributed by atoms with E-state index in [4.69, 9.17) is 0 Å². The van der Waals surface area contributed by atoms with Crippen LogP contribution in [0.2, 0.25) is 0 Å². The number of aliphatic imine (C=N–C) groups is 1. The largest absolute Gasteiger partial charge is 0.406 e. The summed E-state index contributed by atoms with van der Waals surface area (Å²) < 4.78 is 37.0. The second kappa shape index (κ2) is 10.6. The second-order valence-corrected chi connectivity index (χ2v) is 5.73. The molecule has 26 heavy (non-hydrogen) atoms. The molecule has 0 aliphatic heterocycles. The quantitative estimate of drug-likeness (QED) is 0.474. The maximum Gasteiger partial charge on any atom is 0.406 e. The van der Waals surface area contributed by atoms with Crippen LogP contribution in [0.5, 0.6) is 0 Å². The van der Waals surface area contributed by atoms with Gasteiger partial charge in [0.2, 0.25) is 5.91 Å². The van der Waals surface area contributed by atoms with Gasteiger partial charge in [0.1, 0.15) is 13.1 Å². The SMILES string of the molecule is CCNC(=NCC(=O)N(C)CC(F)(F)F)NCC(CO)c1ccccc1. The molecule has 0 radical (unpaired) electrons. The van der Waals surface area contributed by atoms with E-state index in [1.807, 2.05) is 37.3 Å². The zero-order valence-electron chi connectivity index (χ0n) is 14.9. The van der Waals surface area contributed by atoms with Gasteiger partial charge in [-0.05, 0) is 12.5 Å². The average Bonchev–Trinajstić information content (AvgIpc) is 2.59. The van der Waals surface area contributed by atoms with Crippen molar-refractivity contribution in [1.82, 2.24) is 15.5 Å². The lowest BCUT2D eigenvalue weighted by Gasteiger charge is -2.19. The Morgan fingerprint density at radius 1 is 1.27 bits per heavy atom. The molecule has 0 aliphatic rings. The van der Waals surface area contributed by atoms with Crippen LogP contribution in [0.1, 0.15) is 18.4 Å². The minimum Gasteiger partial charge on any atom is -0.396 e. The van der Waals surface area contributed by atoms with E-state index in [0.717, 1.165) is 12.6 Å². The zero-order valence-corrected chi connectivity index (χ0v) is 14.9. The number of aliphatic hydroxyl groups is 1. The van der Waals surface area contributed by atoms with Crippen molar-refractivity contribution in [3.05, 3.63) is 35.9 Å². The van der Waals surface area contributed by atoms with E-state index >= 15 is 0 Å². The lowest BCUT2D eigenvalue weighted by molar-refractivity contribution is -0.157. The maximum absolute atomic E-state index is 12.3. The molecule has 1 rings (SSSR count). The number of halogens is 3. The molecule has 0 fully saturated rings. The summed E-state index contributed by atoms with van der Waals surface area (Å²) >= 11 is 0.